The summed E-state index contributed by atoms with van der Waals surface area (Å²) in [7, 11) is 0. The highest BCUT2D eigenvalue weighted by molar-refractivity contribution is 5.82. The summed E-state index contributed by atoms with van der Waals surface area (Å²) in [5.41, 5.74) is 6.07. The van der Waals surface area contributed by atoms with Crippen LogP contribution in [0.5, 0.6) is 0 Å². The summed E-state index contributed by atoms with van der Waals surface area (Å²) in [5, 5.41) is 0. The molecule has 0 aliphatic carbocycles. The van der Waals surface area contributed by atoms with Crippen molar-refractivity contribution >= 4 is 5.97 Å². The van der Waals surface area contributed by atoms with Crippen LogP contribution in [0.3, 0.4) is 0 Å². The fraction of sp³-hybridized carbons (Fsp3) is 0.375. The molecular formula is C8H13NO2. The molecule has 0 aliphatic rings. The zero-order valence-corrected chi connectivity index (χ0v) is 6.83. The number of hydrogen-bond donors (Lipinski definition) is 1. The van der Waals surface area contributed by atoms with Crippen molar-refractivity contribution in [3.63, 3.8) is 0 Å². The molecule has 62 valence electrons. The standard InChI is InChI=1S/C8H13NO2/c1-7(2)6-11-8(10)4-3-5-9/h3-4,6H,5,9H2,1-2H3. The van der Waals surface area contributed by atoms with Gasteiger partial charge in [-0.3, -0.25) is 0 Å². The van der Waals surface area contributed by atoms with E-state index in [1.165, 1.54) is 12.3 Å². The van der Waals surface area contributed by atoms with Crippen molar-refractivity contribution in [2.75, 3.05) is 6.54 Å². The zero-order valence-electron chi connectivity index (χ0n) is 6.83. The van der Waals surface area contributed by atoms with Crippen LogP contribution in [-0.4, -0.2) is 12.5 Å². The minimum absolute atomic E-state index is 0.351. The maximum Gasteiger partial charge on any atom is 0.335 e. The van der Waals surface area contributed by atoms with Crippen LogP contribution in [0.4, 0.5) is 0 Å². The Balaban J connectivity index is 3.71. The Hall–Kier alpha value is -1.09. The molecule has 0 atom stereocenters. The van der Waals surface area contributed by atoms with Crippen LogP contribution in [0.25, 0.3) is 0 Å². The smallest absolute Gasteiger partial charge is 0.335 e. The molecule has 0 aromatic rings. The highest BCUT2D eigenvalue weighted by Gasteiger charge is 1.90. The van der Waals surface area contributed by atoms with Gasteiger partial charge in [-0.2, -0.15) is 0 Å². The Morgan fingerprint density at radius 2 is 2.18 bits per heavy atom. The topological polar surface area (TPSA) is 52.3 Å². The van der Waals surface area contributed by atoms with Gasteiger partial charge in [-0.05, 0) is 19.4 Å². The Kier molecular flexibility index (Phi) is 5.11. The molecule has 0 saturated carbocycles. The third-order valence-electron chi connectivity index (χ3n) is 0.801. The second-order valence-electron chi connectivity index (χ2n) is 2.27. The van der Waals surface area contributed by atoms with Crippen molar-refractivity contribution in [1.29, 1.82) is 0 Å². The van der Waals surface area contributed by atoms with Gasteiger partial charge in [-0.25, -0.2) is 4.79 Å². The Bertz CT molecular complexity index is 179. The van der Waals surface area contributed by atoms with Crippen molar-refractivity contribution in [1.82, 2.24) is 0 Å². The molecule has 0 radical (unpaired) electrons. The quantitative estimate of drug-likeness (QED) is 0.375. The summed E-state index contributed by atoms with van der Waals surface area (Å²) in [6.45, 7) is 4.05. The molecular weight excluding hydrogens is 142 g/mol. The lowest BCUT2D eigenvalue weighted by molar-refractivity contribution is -0.132. The van der Waals surface area contributed by atoms with Gasteiger partial charge in [-0.1, -0.05) is 6.08 Å². The first-order chi connectivity index (χ1) is 5.16. The van der Waals surface area contributed by atoms with Crippen molar-refractivity contribution in [2.45, 2.75) is 13.8 Å². The maximum absolute atomic E-state index is 10.7. The Morgan fingerprint density at radius 3 is 2.64 bits per heavy atom. The lowest BCUT2D eigenvalue weighted by Gasteiger charge is -1.92. The highest BCUT2D eigenvalue weighted by atomic mass is 16.5. The number of allylic oxidation sites excluding steroid dienone is 1. The van der Waals surface area contributed by atoms with E-state index in [0.717, 1.165) is 5.57 Å². The lowest BCUT2D eigenvalue weighted by Crippen LogP contribution is -1.98. The van der Waals surface area contributed by atoms with Crippen LogP contribution in [0.1, 0.15) is 13.8 Å². The third kappa shape index (κ3) is 6.80. The van der Waals surface area contributed by atoms with Gasteiger partial charge < -0.3 is 10.5 Å². The first-order valence-corrected chi connectivity index (χ1v) is 3.37. The van der Waals surface area contributed by atoms with Gasteiger partial charge in [0.1, 0.15) is 0 Å². The van der Waals surface area contributed by atoms with E-state index in [1.54, 1.807) is 6.08 Å². The van der Waals surface area contributed by atoms with Gasteiger partial charge in [-0.15, -0.1) is 0 Å². The largest absolute Gasteiger partial charge is 0.431 e. The minimum Gasteiger partial charge on any atom is -0.431 e. The normalized spacial score (nSPS) is 9.73. The summed E-state index contributed by atoms with van der Waals surface area (Å²) in [6, 6.07) is 0. The van der Waals surface area contributed by atoms with Gasteiger partial charge in [0.25, 0.3) is 0 Å². The minimum atomic E-state index is -0.392. The number of ether oxygens (including phenoxy) is 1. The second kappa shape index (κ2) is 5.68. The van der Waals surface area contributed by atoms with Gasteiger partial charge in [0.05, 0.1) is 6.26 Å². The number of rotatable bonds is 3. The molecule has 3 heteroatoms. The van der Waals surface area contributed by atoms with E-state index in [9.17, 15) is 4.79 Å². The molecule has 0 fully saturated rings. The van der Waals surface area contributed by atoms with Crippen LogP contribution in [0, 0.1) is 0 Å². The van der Waals surface area contributed by atoms with Crippen LogP contribution < -0.4 is 5.73 Å². The van der Waals surface area contributed by atoms with E-state index in [0.29, 0.717) is 6.54 Å². The van der Waals surface area contributed by atoms with E-state index in [2.05, 4.69) is 4.74 Å². The maximum atomic E-state index is 10.7. The summed E-state index contributed by atoms with van der Waals surface area (Å²) < 4.78 is 4.66. The molecule has 0 unspecified atom stereocenters. The molecule has 2 N–H and O–H groups in total. The molecule has 0 heterocycles. The van der Waals surface area contributed by atoms with Gasteiger partial charge in [0, 0.05) is 12.6 Å². The van der Waals surface area contributed by atoms with E-state index in [1.807, 2.05) is 13.8 Å². The van der Waals surface area contributed by atoms with Crippen LogP contribution in [0.15, 0.2) is 24.0 Å². The van der Waals surface area contributed by atoms with Crippen LogP contribution in [0.2, 0.25) is 0 Å². The summed E-state index contributed by atoms with van der Waals surface area (Å²) in [4.78, 5) is 10.7. The first-order valence-electron chi connectivity index (χ1n) is 3.37. The van der Waals surface area contributed by atoms with Crippen molar-refractivity contribution in [3.8, 4) is 0 Å². The molecule has 0 saturated heterocycles. The molecule has 0 rings (SSSR count). The monoisotopic (exact) mass is 155 g/mol. The molecule has 0 aromatic heterocycles. The third-order valence-corrected chi connectivity index (χ3v) is 0.801. The van der Waals surface area contributed by atoms with E-state index in [4.69, 9.17) is 5.73 Å². The van der Waals surface area contributed by atoms with Gasteiger partial charge >= 0.3 is 5.97 Å². The van der Waals surface area contributed by atoms with E-state index >= 15 is 0 Å². The van der Waals surface area contributed by atoms with Crippen LogP contribution >= 0.6 is 0 Å². The van der Waals surface area contributed by atoms with Gasteiger partial charge in [0.2, 0.25) is 0 Å². The highest BCUT2D eigenvalue weighted by Crippen LogP contribution is 1.90. The summed E-state index contributed by atoms with van der Waals surface area (Å²) in [5.74, 6) is -0.392. The molecule has 0 spiro atoms. The molecule has 3 nitrogen and oxygen atoms in total. The number of hydrogen-bond acceptors (Lipinski definition) is 3. The molecule has 0 aromatic carbocycles. The summed E-state index contributed by atoms with van der Waals surface area (Å²) >= 11 is 0. The van der Waals surface area contributed by atoms with Gasteiger partial charge in [0.15, 0.2) is 0 Å². The first kappa shape index (κ1) is 9.91. The number of nitrogens with two attached hydrogens (primary N) is 1. The molecule has 0 bridgehead atoms. The fourth-order valence-corrected chi connectivity index (χ4v) is 0.379. The van der Waals surface area contributed by atoms with Crippen molar-refractivity contribution in [3.05, 3.63) is 24.0 Å². The molecule has 0 amide bonds. The second-order valence-corrected chi connectivity index (χ2v) is 2.27. The van der Waals surface area contributed by atoms with E-state index < -0.39 is 5.97 Å². The Morgan fingerprint density at radius 1 is 1.55 bits per heavy atom. The lowest BCUT2D eigenvalue weighted by atomic mass is 10.4. The van der Waals surface area contributed by atoms with Crippen molar-refractivity contribution < 1.29 is 9.53 Å². The van der Waals surface area contributed by atoms with E-state index in [-0.39, 0.29) is 0 Å². The average molecular weight is 155 g/mol. The Labute approximate surface area is 66.5 Å². The fourth-order valence-electron chi connectivity index (χ4n) is 0.379. The summed E-state index contributed by atoms with van der Waals surface area (Å²) in [6.07, 6.45) is 4.25. The SMILES string of the molecule is CC(C)=COC(=O)C=CCN. The number of esters is 1. The zero-order chi connectivity index (χ0) is 8.69. The number of carbonyl (C=O) groups excluding carboxylic acids is 1. The van der Waals surface area contributed by atoms with Crippen LogP contribution in [-0.2, 0) is 9.53 Å². The number of carbonyl (C=O) groups is 1. The average Bonchev–Trinajstić information content (AvgIpc) is 1.97. The molecule has 0 aliphatic heterocycles. The predicted molar refractivity (Wildman–Crippen MR) is 43.7 cm³/mol. The predicted octanol–water partition coefficient (Wildman–Crippen LogP) is 0.968. The molecule has 11 heavy (non-hydrogen) atoms. The van der Waals surface area contributed by atoms with Crippen molar-refractivity contribution in [2.24, 2.45) is 5.73 Å².